The first-order valence-corrected chi connectivity index (χ1v) is 9.62. The normalized spacial score (nSPS) is 14.5. The summed E-state index contributed by atoms with van der Waals surface area (Å²) in [5.41, 5.74) is 4.75. The van der Waals surface area contributed by atoms with E-state index >= 15 is 0 Å². The molecule has 0 bridgehead atoms. The summed E-state index contributed by atoms with van der Waals surface area (Å²) in [5, 5.41) is 0. The first kappa shape index (κ1) is 20.2. The van der Waals surface area contributed by atoms with Gasteiger partial charge in [0.05, 0.1) is 5.69 Å². The molecule has 2 aromatic carbocycles. The van der Waals surface area contributed by atoms with Crippen molar-refractivity contribution in [2.45, 2.75) is 26.4 Å². The smallest absolute Gasteiger partial charge is 0.492 e. The van der Waals surface area contributed by atoms with Gasteiger partial charge in [-0.25, -0.2) is 0 Å². The fraction of sp³-hybridized carbons (Fsp3) is 0.261. The van der Waals surface area contributed by atoms with Gasteiger partial charge in [-0.1, -0.05) is 24.3 Å². The molecule has 4 nitrogen and oxygen atoms in total. The summed E-state index contributed by atoms with van der Waals surface area (Å²) in [6.07, 6.45) is -4.70. The molecule has 30 heavy (non-hydrogen) atoms. The van der Waals surface area contributed by atoms with E-state index in [0.717, 1.165) is 46.9 Å². The minimum absolute atomic E-state index is 0.235. The highest BCUT2D eigenvalue weighted by atomic mass is 19.4. The molecule has 1 aliphatic rings. The summed E-state index contributed by atoms with van der Waals surface area (Å²) in [6, 6.07) is 17.7. The Morgan fingerprint density at radius 1 is 1.03 bits per heavy atom. The third-order valence-corrected chi connectivity index (χ3v) is 4.87. The molecule has 4 rings (SSSR count). The van der Waals surface area contributed by atoms with Crippen molar-refractivity contribution in [2.75, 3.05) is 13.2 Å². The predicted octanol–water partition coefficient (Wildman–Crippen LogP) is 5.35. The van der Waals surface area contributed by atoms with Crippen molar-refractivity contribution in [3.05, 3.63) is 77.6 Å². The fourth-order valence-corrected chi connectivity index (χ4v) is 3.53. The number of hydrogen-bond donors (Lipinski definition) is 0. The molecule has 1 aromatic heterocycles. The van der Waals surface area contributed by atoms with E-state index in [4.69, 9.17) is 4.74 Å². The lowest BCUT2D eigenvalue weighted by Crippen LogP contribution is -2.25. The van der Waals surface area contributed by atoms with E-state index < -0.39 is 6.36 Å². The Labute approximate surface area is 172 Å². The Kier molecular flexibility index (Phi) is 5.63. The standard InChI is InChI=1S/C23H21F3N2O2/c1-16-3-2-4-20(27-16)15-28-11-12-29-22-10-7-18(13-19(22)14-28)17-5-8-21(9-6-17)30-23(24,25)26/h2-10,13H,11-12,14-15H2,1H3. The van der Waals surface area contributed by atoms with Gasteiger partial charge in [-0.3, -0.25) is 9.88 Å². The number of ether oxygens (including phenoxy) is 2. The fourth-order valence-electron chi connectivity index (χ4n) is 3.53. The molecule has 0 aliphatic carbocycles. The Hall–Kier alpha value is -3.06. The van der Waals surface area contributed by atoms with Gasteiger partial charge in [-0.2, -0.15) is 0 Å². The van der Waals surface area contributed by atoms with Gasteiger partial charge in [0.25, 0.3) is 0 Å². The molecule has 0 spiro atoms. The number of nitrogens with zero attached hydrogens (tertiary/aromatic N) is 2. The Morgan fingerprint density at radius 2 is 1.80 bits per heavy atom. The SMILES string of the molecule is Cc1cccc(CN2CCOc3ccc(-c4ccc(OC(F)(F)F)cc4)cc3C2)n1. The topological polar surface area (TPSA) is 34.6 Å². The van der Waals surface area contributed by atoms with Crippen molar-refractivity contribution in [2.24, 2.45) is 0 Å². The molecule has 156 valence electrons. The summed E-state index contributed by atoms with van der Waals surface area (Å²) in [6.45, 7) is 4.76. The lowest BCUT2D eigenvalue weighted by atomic mass is 10.0. The summed E-state index contributed by atoms with van der Waals surface area (Å²) in [7, 11) is 0. The molecule has 0 atom stereocenters. The van der Waals surface area contributed by atoms with E-state index in [2.05, 4.69) is 14.6 Å². The van der Waals surface area contributed by atoms with Crippen LogP contribution in [0.15, 0.2) is 60.7 Å². The van der Waals surface area contributed by atoms with Crippen LogP contribution in [-0.4, -0.2) is 29.4 Å². The highest BCUT2D eigenvalue weighted by molar-refractivity contribution is 5.66. The van der Waals surface area contributed by atoms with Gasteiger partial charge in [-0.05, 0) is 54.4 Å². The van der Waals surface area contributed by atoms with Crippen LogP contribution < -0.4 is 9.47 Å². The van der Waals surface area contributed by atoms with Crippen molar-refractivity contribution in [1.29, 1.82) is 0 Å². The number of rotatable bonds is 4. The third-order valence-electron chi connectivity index (χ3n) is 4.87. The molecule has 0 amide bonds. The van der Waals surface area contributed by atoms with Crippen molar-refractivity contribution in [3.63, 3.8) is 0 Å². The maximum atomic E-state index is 12.4. The zero-order chi connectivity index (χ0) is 21.1. The molecule has 1 aliphatic heterocycles. The molecule has 7 heteroatoms. The number of benzene rings is 2. The summed E-state index contributed by atoms with van der Waals surface area (Å²) >= 11 is 0. The van der Waals surface area contributed by atoms with Crippen LogP contribution in [0.1, 0.15) is 17.0 Å². The first-order valence-electron chi connectivity index (χ1n) is 9.62. The molecule has 0 saturated heterocycles. The van der Waals surface area contributed by atoms with Gasteiger partial charge in [-0.15, -0.1) is 13.2 Å². The first-order chi connectivity index (χ1) is 14.4. The second-order valence-corrected chi connectivity index (χ2v) is 7.22. The van der Waals surface area contributed by atoms with E-state index in [-0.39, 0.29) is 5.75 Å². The molecule has 0 saturated carbocycles. The number of alkyl halides is 3. The van der Waals surface area contributed by atoms with E-state index in [0.29, 0.717) is 13.2 Å². The summed E-state index contributed by atoms with van der Waals surface area (Å²) in [4.78, 5) is 6.85. The van der Waals surface area contributed by atoms with Crippen LogP contribution in [0.4, 0.5) is 13.2 Å². The van der Waals surface area contributed by atoms with Crippen LogP contribution in [0.5, 0.6) is 11.5 Å². The monoisotopic (exact) mass is 414 g/mol. The van der Waals surface area contributed by atoms with Gasteiger partial charge in [0.2, 0.25) is 0 Å². The van der Waals surface area contributed by atoms with Crippen molar-refractivity contribution in [1.82, 2.24) is 9.88 Å². The number of halogens is 3. The van der Waals surface area contributed by atoms with E-state index in [9.17, 15) is 13.2 Å². The van der Waals surface area contributed by atoms with Crippen molar-refractivity contribution in [3.8, 4) is 22.6 Å². The lowest BCUT2D eigenvalue weighted by molar-refractivity contribution is -0.274. The molecule has 3 aromatic rings. The molecule has 0 radical (unpaired) electrons. The number of aryl methyl sites for hydroxylation is 1. The minimum Gasteiger partial charge on any atom is -0.492 e. The number of fused-ring (bicyclic) bond motifs is 1. The highest BCUT2D eigenvalue weighted by Crippen LogP contribution is 2.31. The molecule has 0 N–H and O–H groups in total. The third kappa shape index (κ3) is 5.10. The van der Waals surface area contributed by atoms with Crippen LogP contribution >= 0.6 is 0 Å². The quantitative estimate of drug-likeness (QED) is 0.576. The lowest BCUT2D eigenvalue weighted by Gasteiger charge is -2.19. The van der Waals surface area contributed by atoms with Crippen LogP contribution in [-0.2, 0) is 13.1 Å². The Balaban J connectivity index is 1.53. The van der Waals surface area contributed by atoms with Gasteiger partial charge < -0.3 is 9.47 Å². The number of pyridine rings is 1. The van der Waals surface area contributed by atoms with Gasteiger partial charge in [0, 0.05) is 30.9 Å². The average Bonchev–Trinajstić information content (AvgIpc) is 2.88. The maximum Gasteiger partial charge on any atom is 0.573 e. The largest absolute Gasteiger partial charge is 0.573 e. The second kappa shape index (κ2) is 8.36. The van der Waals surface area contributed by atoms with E-state index in [1.807, 2.05) is 43.3 Å². The van der Waals surface area contributed by atoms with Crippen LogP contribution in [0, 0.1) is 6.92 Å². The second-order valence-electron chi connectivity index (χ2n) is 7.22. The van der Waals surface area contributed by atoms with Crippen LogP contribution in [0.2, 0.25) is 0 Å². The zero-order valence-corrected chi connectivity index (χ0v) is 16.4. The Morgan fingerprint density at radius 3 is 2.53 bits per heavy atom. The summed E-state index contributed by atoms with van der Waals surface area (Å²) < 4.78 is 46.9. The number of aromatic nitrogens is 1. The van der Waals surface area contributed by atoms with E-state index in [1.54, 1.807) is 12.1 Å². The molecular weight excluding hydrogens is 393 g/mol. The predicted molar refractivity (Wildman–Crippen MR) is 107 cm³/mol. The average molecular weight is 414 g/mol. The zero-order valence-electron chi connectivity index (χ0n) is 16.4. The number of hydrogen-bond acceptors (Lipinski definition) is 4. The molecule has 0 fully saturated rings. The van der Waals surface area contributed by atoms with Gasteiger partial charge in [0.1, 0.15) is 18.1 Å². The van der Waals surface area contributed by atoms with Gasteiger partial charge >= 0.3 is 6.36 Å². The molecule has 2 heterocycles. The molecule has 0 unspecified atom stereocenters. The molecular formula is C23H21F3N2O2. The van der Waals surface area contributed by atoms with Crippen LogP contribution in [0.25, 0.3) is 11.1 Å². The minimum atomic E-state index is -4.70. The van der Waals surface area contributed by atoms with Crippen molar-refractivity contribution < 1.29 is 22.6 Å². The van der Waals surface area contributed by atoms with Crippen molar-refractivity contribution >= 4 is 0 Å². The van der Waals surface area contributed by atoms with E-state index in [1.165, 1.54) is 12.1 Å². The van der Waals surface area contributed by atoms with Gasteiger partial charge in [0.15, 0.2) is 0 Å². The maximum absolute atomic E-state index is 12.4. The van der Waals surface area contributed by atoms with Crippen LogP contribution in [0.3, 0.4) is 0 Å². The summed E-state index contributed by atoms with van der Waals surface area (Å²) in [5.74, 6) is 0.594. The highest BCUT2D eigenvalue weighted by Gasteiger charge is 2.31. The Bertz CT molecular complexity index is 1020.